The zero-order valence-electron chi connectivity index (χ0n) is 15.3. The van der Waals surface area contributed by atoms with E-state index in [1.54, 1.807) is 17.5 Å². The van der Waals surface area contributed by atoms with E-state index < -0.39 is 5.69 Å². The van der Waals surface area contributed by atoms with Gasteiger partial charge in [-0.2, -0.15) is 0 Å². The third kappa shape index (κ3) is 4.06. The van der Waals surface area contributed by atoms with Gasteiger partial charge in [-0.15, -0.1) is 11.3 Å². The van der Waals surface area contributed by atoms with E-state index in [2.05, 4.69) is 21.2 Å². The van der Waals surface area contributed by atoms with Crippen molar-refractivity contribution in [1.82, 2.24) is 9.13 Å². The van der Waals surface area contributed by atoms with Crippen LogP contribution in [-0.2, 0) is 17.9 Å². The first-order chi connectivity index (χ1) is 12.8. The second-order valence-electron chi connectivity index (χ2n) is 6.84. The molecule has 0 atom stereocenters. The number of aromatic nitrogens is 2. The van der Waals surface area contributed by atoms with E-state index in [0.29, 0.717) is 22.4 Å². The van der Waals surface area contributed by atoms with Gasteiger partial charge in [-0.1, -0.05) is 19.9 Å². The van der Waals surface area contributed by atoms with Crippen LogP contribution < -0.4 is 16.6 Å². The molecule has 0 saturated carbocycles. The zero-order chi connectivity index (χ0) is 19.7. The largest absolute Gasteiger partial charge is 0.332 e. The maximum absolute atomic E-state index is 12.9. The number of anilines is 1. The number of nitrogens with zero attached hydrogens (tertiary/aromatic N) is 2. The fraction of sp³-hybridized carbons (Fsp3) is 0.316. The SMILES string of the molecule is Cc1ccc(NC(=O)Cn2c(=O)n(CC(C)C)c(=O)c3sccc32)c(Br)c1. The Morgan fingerprint density at radius 1 is 1.22 bits per heavy atom. The molecule has 8 heteroatoms. The quantitative estimate of drug-likeness (QED) is 0.646. The molecule has 3 aromatic rings. The van der Waals surface area contributed by atoms with Crippen molar-refractivity contribution in [2.24, 2.45) is 5.92 Å². The van der Waals surface area contributed by atoms with Crippen LogP contribution in [0.1, 0.15) is 19.4 Å². The predicted octanol–water partition coefficient (Wildman–Crippen LogP) is 3.59. The van der Waals surface area contributed by atoms with Crippen molar-refractivity contribution in [2.45, 2.75) is 33.9 Å². The average Bonchev–Trinajstić information content (AvgIpc) is 3.07. The maximum atomic E-state index is 12.9. The van der Waals surface area contributed by atoms with Crippen LogP contribution in [0.4, 0.5) is 5.69 Å². The van der Waals surface area contributed by atoms with Crippen molar-refractivity contribution in [1.29, 1.82) is 0 Å². The van der Waals surface area contributed by atoms with E-state index in [1.165, 1.54) is 20.5 Å². The number of carbonyl (C=O) groups excluding carboxylic acids is 1. The Bertz CT molecular complexity index is 1130. The van der Waals surface area contributed by atoms with Gasteiger partial charge >= 0.3 is 5.69 Å². The molecule has 3 rings (SSSR count). The molecule has 0 spiro atoms. The van der Waals surface area contributed by atoms with Gasteiger partial charge in [0.2, 0.25) is 5.91 Å². The molecular formula is C19H20BrN3O3S. The topological polar surface area (TPSA) is 73.1 Å². The van der Waals surface area contributed by atoms with Crippen molar-refractivity contribution in [3.8, 4) is 0 Å². The first-order valence-corrected chi connectivity index (χ1v) is 10.2. The molecular weight excluding hydrogens is 430 g/mol. The first-order valence-electron chi connectivity index (χ1n) is 8.54. The Hall–Kier alpha value is -2.19. The molecule has 0 aliphatic rings. The molecule has 6 nitrogen and oxygen atoms in total. The minimum Gasteiger partial charge on any atom is -0.324 e. The Labute approximate surface area is 168 Å². The van der Waals surface area contributed by atoms with Crippen molar-refractivity contribution in [3.05, 3.63) is 60.5 Å². The number of nitrogens with one attached hydrogen (secondary N) is 1. The van der Waals surface area contributed by atoms with Crippen LogP contribution in [0.3, 0.4) is 0 Å². The Kier molecular flexibility index (Phi) is 5.67. The summed E-state index contributed by atoms with van der Waals surface area (Å²) in [4.78, 5) is 38.1. The normalized spacial score (nSPS) is 11.3. The molecule has 2 aromatic heterocycles. The van der Waals surface area contributed by atoms with Crippen LogP contribution in [-0.4, -0.2) is 15.0 Å². The van der Waals surface area contributed by atoms with Crippen LogP contribution in [0.25, 0.3) is 10.2 Å². The van der Waals surface area contributed by atoms with Gasteiger partial charge in [0.25, 0.3) is 5.56 Å². The van der Waals surface area contributed by atoms with Gasteiger partial charge in [0.05, 0.1) is 11.2 Å². The second-order valence-corrected chi connectivity index (χ2v) is 8.62. The molecule has 142 valence electrons. The van der Waals surface area contributed by atoms with E-state index in [1.807, 2.05) is 32.9 Å². The zero-order valence-corrected chi connectivity index (χ0v) is 17.7. The molecule has 0 bridgehead atoms. The smallest absolute Gasteiger partial charge is 0.324 e. The minimum atomic E-state index is -0.460. The third-order valence-electron chi connectivity index (χ3n) is 4.08. The van der Waals surface area contributed by atoms with Crippen LogP contribution in [0, 0.1) is 12.8 Å². The fourth-order valence-corrected chi connectivity index (χ4v) is 4.30. The molecule has 27 heavy (non-hydrogen) atoms. The second kappa shape index (κ2) is 7.82. The van der Waals surface area contributed by atoms with Crippen molar-refractivity contribution >= 4 is 49.1 Å². The summed E-state index contributed by atoms with van der Waals surface area (Å²) in [5.41, 5.74) is 1.44. The highest BCUT2D eigenvalue weighted by molar-refractivity contribution is 9.10. The summed E-state index contributed by atoms with van der Waals surface area (Å²) in [6.45, 7) is 6.00. The Morgan fingerprint density at radius 2 is 1.96 bits per heavy atom. The lowest BCUT2D eigenvalue weighted by Crippen LogP contribution is -2.42. The summed E-state index contributed by atoms with van der Waals surface area (Å²) in [5.74, 6) is -0.192. The van der Waals surface area contributed by atoms with Crippen molar-refractivity contribution in [3.63, 3.8) is 0 Å². The van der Waals surface area contributed by atoms with Crippen LogP contribution in [0.5, 0.6) is 0 Å². The molecule has 0 aliphatic carbocycles. The van der Waals surface area contributed by atoms with Gasteiger partial charge < -0.3 is 5.32 Å². The lowest BCUT2D eigenvalue weighted by Gasteiger charge is -2.14. The predicted molar refractivity (Wildman–Crippen MR) is 113 cm³/mol. The molecule has 0 fully saturated rings. The van der Waals surface area contributed by atoms with Crippen LogP contribution in [0.2, 0.25) is 0 Å². The number of carbonyl (C=O) groups is 1. The van der Waals surface area contributed by atoms with Crippen molar-refractivity contribution in [2.75, 3.05) is 5.32 Å². The van der Waals surface area contributed by atoms with Crippen LogP contribution >= 0.6 is 27.3 Å². The molecule has 1 amide bonds. The highest BCUT2D eigenvalue weighted by atomic mass is 79.9. The number of halogens is 1. The number of rotatable bonds is 5. The number of thiophene rings is 1. The van der Waals surface area contributed by atoms with Gasteiger partial charge in [-0.3, -0.25) is 18.7 Å². The van der Waals surface area contributed by atoms with E-state index in [9.17, 15) is 14.4 Å². The highest BCUT2D eigenvalue weighted by Crippen LogP contribution is 2.23. The van der Waals surface area contributed by atoms with Crippen molar-refractivity contribution < 1.29 is 4.79 Å². The molecule has 1 aromatic carbocycles. The van der Waals surface area contributed by atoms with Gasteiger partial charge in [0.15, 0.2) is 0 Å². The fourth-order valence-electron chi connectivity index (χ4n) is 2.87. The average molecular weight is 450 g/mol. The first kappa shape index (κ1) is 19.6. The molecule has 1 N–H and O–H groups in total. The van der Waals surface area contributed by atoms with Gasteiger partial charge in [0.1, 0.15) is 11.2 Å². The number of hydrogen-bond donors (Lipinski definition) is 1. The molecule has 0 saturated heterocycles. The number of aryl methyl sites for hydroxylation is 1. The van der Waals surface area contributed by atoms with Gasteiger partial charge in [-0.05, 0) is 57.9 Å². The summed E-state index contributed by atoms with van der Waals surface area (Å²) in [6, 6.07) is 7.31. The maximum Gasteiger partial charge on any atom is 0.332 e. The van der Waals surface area contributed by atoms with Gasteiger partial charge in [0, 0.05) is 11.0 Å². The lowest BCUT2D eigenvalue weighted by molar-refractivity contribution is -0.116. The van der Waals surface area contributed by atoms with Gasteiger partial charge in [-0.25, -0.2) is 4.79 Å². The van der Waals surface area contributed by atoms with E-state index in [0.717, 1.165) is 10.0 Å². The number of amides is 1. The number of hydrogen-bond acceptors (Lipinski definition) is 4. The number of fused-ring (bicyclic) bond motifs is 1. The standard InChI is InChI=1S/C19H20BrN3O3S/c1-11(2)9-23-18(25)17-15(6-7-27-17)22(19(23)26)10-16(24)21-14-5-4-12(3)8-13(14)20/h4-8,11H,9-10H2,1-3H3,(H,21,24). The summed E-state index contributed by atoms with van der Waals surface area (Å²) >= 11 is 4.71. The molecule has 2 heterocycles. The Balaban J connectivity index is 1.98. The monoisotopic (exact) mass is 449 g/mol. The lowest BCUT2D eigenvalue weighted by atomic mass is 10.2. The summed E-state index contributed by atoms with van der Waals surface area (Å²) in [7, 11) is 0. The Morgan fingerprint density at radius 3 is 2.63 bits per heavy atom. The number of benzene rings is 1. The summed E-state index contributed by atoms with van der Waals surface area (Å²) in [5, 5.41) is 4.58. The highest BCUT2D eigenvalue weighted by Gasteiger charge is 2.17. The van der Waals surface area contributed by atoms with E-state index in [4.69, 9.17) is 0 Å². The van der Waals surface area contributed by atoms with Crippen LogP contribution in [0.15, 0.2) is 43.7 Å². The third-order valence-corrected chi connectivity index (χ3v) is 5.63. The summed E-state index contributed by atoms with van der Waals surface area (Å²) in [6.07, 6.45) is 0. The molecule has 0 aliphatic heterocycles. The summed E-state index contributed by atoms with van der Waals surface area (Å²) < 4.78 is 3.85. The minimum absolute atomic E-state index is 0.138. The molecule has 0 unspecified atom stereocenters. The van der Waals surface area contributed by atoms with E-state index >= 15 is 0 Å². The molecule has 0 radical (unpaired) electrons. The van der Waals surface area contributed by atoms with E-state index in [-0.39, 0.29) is 23.9 Å².